The number of carbonyl (C=O) groups excluding carboxylic acids is 2. The summed E-state index contributed by atoms with van der Waals surface area (Å²) in [6.45, 7) is 5.84. The SMILES string of the molecule is CC(C)(C)OC(=O)N[C@@](C)(CO)C(=O)Nc1ccc(Oc2ccc(F)cc2)cc1. The van der Waals surface area contributed by atoms with Crippen LogP contribution in [0.15, 0.2) is 48.5 Å². The van der Waals surface area contributed by atoms with Crippen molar-refractivity contribution in [2.24, 2.45) is 0 Å². The Kier molecular flexibility index (Phi) is 6.81. The van der Waals surface area contributed by atoms with Crippen LogP contribution in [0.4, 0.5) is 14.9 Å². The van der Waals surface area contributed by atoms with Crippen LogP contribution in [0.2, 0.25) is 0 Å². The lowest BCUT2D eigenvalue weighted by molar-refractivity contribution is -0.123. The molecule has 0 radical (unpaired) electrons. The lowest BCUT2D eigenvalue weighted by atomic mass is 10.0. The highest BCUT2D eigenvalue weighted by atomic mass is 19.1. The van der Waals surface area contributed by atoms with Crippen LogP contribution in [0.1, 0.15) is 27.7 Å². The number of rotatable bonds is 6. The largest absolute Gasteiger partial charge is 0.457 e. The van der Waals surface area contributed by atoms with E-state index in [-0.39, 0.29) is 5.82 Å². The van der Waals surface area contributed by atoms with Gasteiger partial charge in [0.15, 0.2) is 0 Å². The van der Waals surface area contributed by atoms with Crippen molar-refractivity contribution in [1.29, 1.82) is 0 Å². The van der Waals surface area contributed by atoms with Crippen LogP contribution in [-0.4, -0.2) is 34.9 Å². The molecule has 29 heavy (non-hydrogen) atoms. The second kappa shape index (κ2) is 8.91. The monoisotopic (exact) mass is 404 g/mol. The Bertz CT molecular complexity index is 847. The van der Waals surface area contributed by atoms with Crippen molar-refractivity contribution in [1.82, 2.24) is 5.32 Å². The minimum Gasteiger partial charge on any atom is -0.457 e. The van der Waals surface area contributed by atoms with E-state index in [1.54, 1.807) is 45.0 Å². The van der Waals surface area contributed by atoms with Crippen LogP contribution in [0.25, 0.3) is 0 Å². The van der Waals surface area contributed by atoms with Crippen molar-refractivity contribution in [2.45, 2.75) is 38.8 Å². The molecule has 3 N–H and O–H groups in total. The number of hydrogen-bond acceptors (Lipinski definition) is 5. The number of alkyl carbamates (subject to hydrolysis) is 1. The maximum atomic E-state index is 12.9. The Labute approximate surface area is 168 Å². The molecule has 156 valence electrons. The highest BCUT2D eigenvalue weighted by Gasteiger charge is 2.36. The highest BCUT2D eigenvalue weighted by Crippen LogP contribution is 2.23. The summed E-state index contributed by atoms with van der Waals surface area (Å²) in [5.41, 5.74) is -1.88. The number of anilines is 1. The van der Waals surface area contributed by atoms with E-state index < -0.39 is 29.7 Å². The Morgan fingerprint density at radius 3 is 1.97 bits per heavy atom. The fraction of sp³-hybridized carbons (Fsp3) is 0.333. The zero-order chi connectivity index (χ0) is 21.7. The van der Waals surface area contributed by atoms with Gasteiger partial charge in [0.05, 0.1) is 6.61 Å². The van der Waals surface area contributed by atoms with Gasteiger partial charge in [0, 0.05) is 5.69 Å². The number of aliphatic hydroxyl groups excluding tert-OH is 1. The van der Waals surface area contributed by atoms with E-state index in [0.717, 1.165) is 0 Å². The minimum atomic E-state index is -1.58. The van der Waals surface area contributed by atoms with Crippen molar-refractivity contribution in [3.05, 3.63) is 54.3 Å². The maximum absolute atomic E-state index is 12.9. The van der Waals surface area contributed by atoms with Gasteiger partial charge in [-0.1, -0.05) is 0 Å². The predicted molar refractivity (Wildman–Crippen MR) is 106 cm³/mol. The van der Waals surface area contributed by atoms with Crippen LogP contribution < -0.4 is 15.4 Å². The fourth-order valence-electron chi connectivity index (χ4n) is 2.21. The van der Waals surface area contributed by atoms with Crippen molar-refractivity contribution in [3.8, 4) is 11.5 Å². The molecule has 0 heterocycles. The Balaban J connectivity index is 2.00. The van der Waals surface area contributed by atoms with Gasteiger partial charge in [-0.25, -0.2) is 9.18 Å². The highest BCUT2D eigenvalue weighted by molar-refractivity contribution is 5.99. The third kappa shape index (κ3) is 6.76. The standard InChI is InChI=1S/C21H25FN2O5/c1-20(2,3)29-19(27)24-21(4,13-25)18(26)23-15-7-11-17(12-8-15)28-16-9-5-14(22)6-10-16/h5-12,25H,13H2,1-4H3,(H,23,26)(H,24,27)/t21-/m0/s1. The van der Waals surface area contributed by atoms with Gasteiger partial charge in [-0.2, -0.15) is 0 Å². The summed E-state index contributed by atoms with van der Waals surface area (Å²) in [6, 6.07) is 12.0. The summed E-state index contributed by atoms with van der Waals surface area (Å²) in [5, 5.41) is 14.6. The van der Waals surface area contributed by atoms with E-state index in [9.17, 15) is 19.1 Å². The van der Waals surface area contributed by atoms with Crippen molar-refractivity contribution in [2.75, 3.05) is 11.9 Å². The number of ether oxygens (including phenoxy) is 2. The molecule has 2 aromatic rings. The molecule has 7 nitrogen and oxygen atoms in total. The molecule has 0 fully saturated rings. The van der Waals surface area contributed by atoms with Gasteiger partial charge in [-0.15, -0.1) is 0 Å². The molecule has 1 atom stereocenters. The van der Waals surface area contributed by atoms with E-state index in [1.807, 2.05) is 0 Å². The summed E-state index contributed by atoms with van der Waals surface area (Å²) in [7, 11) is 0. The van der Waals surface area contributed by atoms with E-state index >= 15 is 0 Å². The maximum Gasteiger partial charge on any atom is 0.408 e. The molecule has 2 rings (SSSR count). The molecule has 0 aliphatic rings. The fourth-order valence-corrected chi connectivity index (χ4v) is 2.21. The third-order valence-corrected chi connectivity index (χ3v) is 3.76. The molecule has 0 aliphatic heterocycles. The molecular formula is C21H25FN2O5. The first-order chi connectivity index (χ1) is 13.5. The summed E-state index contributed by atoms with van der Waals surface area (Å²) < 4.78 is 23.7. The average Bonchev–Trinajstić information content (AvgIpc) is 2.63. The molecule has 2 amide bonds. The van der Waals surface area contributed by atoms with Crippen molar-refractivity contribution < 1.29 is 28.6 Å². The number of aliphatic hydroxyl groups is 1. The van der Waals surface area contributed by atoms with Crippen LogP contribution >= 0.6 is 0 Å². The van der Waals surface area contributed by atoms with E-state index in [2.05, 4.69) is 10.6 Å². The average molecular weight is 404 g/mol. The minimum absolute atomic E-state index is 0.359. The first-order valence-electron chi connectivity index (χ1n) is 8.98. The van der Waals surface area contributed by atoms with E-state index in [0.29, 0.717) is 17.2 Å². The molecule has 0 spiro atoms. The number of halogens is 1. The molecule has 0 aromatic heterocycles. The van der Waals surface area contributed by atoms with Crippen LogP contribution in [0.3, 0.4) is 0 Å². The summed E-state index contributed by atoms with van der Waals surface area (Å²) in [4.78, 5) is 24.5. The molecule has 0 bridgehead atoms. The zero-order valence-electron chi connectivity index (χ0n) is 16.8. The van der Waals surface area contributed by atoms with Gasteiger partial charge in [-0.3, -0.25) is 4.79 Å². The third-order valence-electron chi connectivity index (χ3n) is 3.76. The lowest BCUT2D eigenvalue weighted by Crippen LogP contribution is -2.58. The first-order valence-corrected chi connectivity index (χ1v) is 8.98. The predicted octanol–water partition coefficient (Wildman–Crippen LogP) is 3.83. The number of hydrogen-bond donors (Lipinski definition) is 3. The van der Waals surface area contributed by atoms with Crippen LogP contribution in [0.5, 0.6) is 11.5 Å². The van der Waals surface area contributed by atoms with Crippen molar-refractivity contribution >= 4 is 17.7 Å². The number of benzene rings is 2. The molecule has 8 heteroatoms. The molecule has 0 saturated carbocycles. The Morgan fingerprint density at radius 1 is 0.966 bits per heavy atom. The number of nitrogens with one attached hydrogen (secondary N) is 2. The summed E-state index contributed by atoms with van der Waals surface area (Å²) >= 11 is 0. The molecule has 0 saturated heterocycles. The normalized spacial score (nSPS) is 13.2. The summed E-state index contributed by atoms with van der Waals surface area (Å²) in [5.74, 6) is -0.00981. The van der Waals surface area contributed by atoms with E-state index in [4.69, 9.17) is 9.47 Å². The van der Waals surface area contributed by atoms with Gasteiger partial charge in [0.1, 0.15) is 28.5 Å². The zero-order valence-corrected chi connectivity index (χ0v) is 16.8. The second-order valence-electron chi connectivity index (χ2n) is 7.65. The summed E-state index contributed by atoms with van der Waals surface area (Å²) in [6.07, 6.45) is -0.813. The smallest absolute Gasteiger partial charge is 0.408 e. The Hall–Kier alpha value is -3.13. The Morgan fingerprint density at radius 2 is 1.48 bits per heavy atom. The second-order valence-corrected chi connectivity index (χ2v) is 7.65. The topological polar surface area (TPSA) is 96.9 Å². The molecular weight excluding hydrogens is 379 g/mol. The van der Waals surface area contributed by atoms with Gasteiger partial charge >= 0.3 is 6.09 Å². The lowest BCUT2D eigenvalue weighted by Gasteiger charge is -2.29. The first kappa shape index (κ1) is 22.2. The number of carbonyl (C=O) groups is 2. The van der Waals surface area contributed by atoms with E-state index in [1.165, 1.54) is 31.2 Å². The molecule has 0 aliphatic carbocycles. The van der Waals surface area contributed by atoms with Gasteiger partial charge in [0.25, 0.3) is 5.91 Å². The molecule has 0 unspecified atom stereocenters. The molecule has 2 aromatic carbocycles. The van der Waals surface area contributed by atoms with Gasteiger partial charge in [0.2, 0.25) is 0 Å². The number of amides is 2. The van der Waals surface area contributed by atoms with Crippen LogP contribution in [-0.2, 0) is 9.53 Å². The quantitative estimate of drug-likeness (QED) is 0.680. The van der Waals surface area contributed by atoms with Gasteiger partial charge in [-0.05, 0) is 76.2 Å². The van der Waals surface area contributed by atoms with Crippen molar-refractivity contribution in [3.63, 3.8) is 0 Å². The van der Waals surface area contributed by atoms with Gasteiger partial charge < -0.3 is 25.2 Å². The van der Waals surface area contributed by atoms with Crippen LogP contribution in [0, 0.1) is 5.82 Å².